The summed E-state index contributed by atoms with van der Waals surface area (Å²) in [6, 6.07) is 0. The molecule has 0 N–H and O–H groups in total. The zero-order valence-corrected chi connectivity index (χ0v) is 22.1. The lowest BCUT2D eigenvalue weighted by Crippen LogP contribution is -2.43. The highest BCUT2D eigenvalue weighted by Crippen LogP contribution is 2.69. The van der Waals surface area contributed by atoms with E-state index < -0.39 is 8.32 Å². The van der Waals surface area contributed by atoms with Crippen molar-refractivity contribution in [2.75, 3.05) is 6.61 Å². The molecule has 2 fully saturated rings. The maximum Gasteiger partial charge on any atom is 0.191 e. The molecule has 0 amide bonds. The van der Waals surface area contributed by atoms with Crippen LogP contribution in [0.4, 0.5) is 0 Å². The van der Waals surface area contributed by atoms with E-state index in [4.69, 9.17) is 4.43 Å². The van der Waals surface area contributed by atoms with Crippen LogP contribution >= 0.6 is 22.6 Å². The maximum atomic E-state index is 13.6. The second-order valence-electron chi connectivity index (χ2n) is 11.2. The molecule has 0 spiro atoms. The molecule has 0 aliphatic heterocycles. The standard InChI is InChI=1S/C24H39IO2Si/c1-16(25)10-11-18(15-27-28(6,7)23(2,3)4)19-13-12-17-9-8-14-24(5)20(17)21(24)22(19)26/h9-10,18-21H,8,11-15H2,1-7H3/b16-10-/t18-,19+,20-,21+,24-/m0/s1. The third-order valence-electron chi connectivity index (χ3n) is 8.29. The Hall–Kier alpha value is 0.0569. The zero-order valence-electron chi connectivity index (χ0n) is 18.9. The molecule has 0 radical (unpaired) electrons. The summed E-state index contributed by atoms with van der Waals surface area (Å²) in [5.74, 6) is 1.88. The number of ketones is 1. The Bertz CT molecular complexity index is 683. The predicted molar refractivity (Wildman–Crippen MR) is 129 cm³/mol. The largest absolute Gasteiger partial charge is 0.417 e. The van der Waals surface area contributed by atoms with Gasteiger partial charge in [0.25, 0.3) is 0 Å². The molecule has 0 bridgehead atoms. The Kier molecular flexibility index (Phi) is 6.46. The molecule has 3 rings (SSSR count). The van der Waals surface area contributed by atoms with Crippen molar-refractivity contribution in [3.05, 3.63) is 21.3 Å². The van der Waals surface area contributed by atoms with Crippen LogP contribution in [0.25, 0.3) is 0 Å². The molecule has 3 aliphatic rings. The first kappa shape index (κ1) is 22.7. The average molecular weight is 515 g/mol. The van der Waals surface area contributed by atoms with Gasteiger partial charge in [0.1, 0.15) is 5.78 Å². The molecule has 0 saturated heterocycles. The lowest BCUT2D eigenvalue weighted by atomic mass is 9.78. The maximum absolute atomic E-state index is 13.6. The molecule has 2 nitrogen and oxygen atoms in total. The van der Waals surface area contributed by atoms with Crippen LogP contribution < -0.4 is 0 Å². The van der Waals surface area contributed by atoms with Gasteiger partial charge in [-0.2, -0.15) is 0 Å². The van der Waals surface area contributed by atoms with Crippen molar-refractivity contribution in [3.63, 3.8) is 0 Å². The van der Waals surface area contributed by atoms with E-state index in [0.717, 1.165) is 25.9 Å². The minimum atomic E-state index is -1.81. The molecule has 158 valence electrons. The monoisotopic (exact) mass is 514 g/mol. The number of carbonyl (C=O) groups excluding carboxylic acids is 1. The summed E-state index contributed by atoms with van der Waals surface area (Å²) < 4.78 is 7.95. The van der Waals surface area contributed by atoms with Crippen molar-refractivity contribution in [1.82, 2.24) is 0 Å². The van der Waals surface area contributed by atoms with Crippen LogP contribution in [0.3, 0.4) is 0 Å². The van der Waals surface area contributed by atoms with Gasteiger partial charge in [0, 0.05) is 18.4 Å². The highest BCUT2D eigenvalue weighted by atomic mass is 127. The minimum absolute atomic E-state index is 0.162. The van der Waals surface area contributed by atoms with Gasteiger partial charge in [0.05, 0.1) is 0 Å². The van der Waals surface area contributed by atoms with E-state index in [1.165, 1.54) is 16.4 Å². The lowest BCUT2D eigenvalue weighted by molar-refractivity contribution is -0.127. The fraction of sp³-hybridized carbons (Fsp3) is 0.792. The minimum Gasteiger partial charge on any atom is -0.417 e. The molecule has 0 aromatic rings. The normalized spacial score (nSPS) is 34.4. The van der Waals surface area contributed by atoms with Gasteiger partial charge in [-0.15, -0.1) is 0 Å². The summed E-state index contributed by atoms with van der Waals surface area (Å²) in [5, 5.41) is 0.205. The van der Waals surface area contributed by atoms with E-state index in [0.29, 0.717) is 17.6 Å². The van der Waals surface area contributed by atoms with Gasteiger partial charge < -0.3 is 4.43 Å². The second-order valence-corrected chi connectivity index (χ2v) is 17.7. The van der Waals surface area contributed by atoms with Crippen molar-refractivity contribution in [3.8, 4) is 0 Å². The van der Waals surface area contributed by atoms with Crippen molar-refractivity contribution in [2.45, 2.75) is 84.9 Å². The van der Waals surface area contributed by atoms with Gasteiger partial charge in [0.2, 0.25) is 0 Å². The SMILES string of the molecule is C/C(I)=C/C[C@@H](CO[Si](C)(C)C(C)(C)C)[C@H]1CCC2=CCC[C@]3(C)[C@@H](C1=O)[C@H]23. The first-order chi connectivity index (χ1) is 12.9. The van der Waals surface area contributed by atoms with E-state index in [9.17, 15) is 4.79 Å². The van der Waals surface area contributed by atoms with Crippen LogP contribution in [0.2, 0.25) is 18.1 Å². The van der Waals surface area contributed by atoms with Crippen LogP contribution in [-0.4, -0.2) is 20.7 Å². The third kappa shape index (κ3) is 4.25. The molecule has 0 unspecified atom stereocenters. The number of halogens is 1. The number of hydrogen-bond acceptors (Lipinski definition) is 2. The Morgan fingerprint density at radius 3 is 2.68 bits per heavy atom. The van der Waals surface area contributed by atoms with Crippen LogP contribution in [0.15, 0.2) is 21.3 Å². The summed E-state index contributed by atoms with van der Waals surface area (Å²) in [7, 11) is -1.81. The van der Waals surface area contributed by atoms with Crippen LogP contribution in [0, 0.1) is 29.1 Å². The van der Waals surface area contributed by atoms with Crippen molar-refractivity contribution in [1.29, 1.82) is 0 Å². The van der Waals surface area contributed by atoms with Gasteiger partial charge in [0.15, 0.2) is 8.32 Å². The van der Waals surface area contributed by atoms with E-state index in [1.54, 1.807) is 5.57 Å². The molecule has 2 saturated carbocycles. The molecule has 5 atom stereocenters. The smallest absolute Gasteiger partial charge is 0.191 e. The van der Waals surface area contributed by atoms with Gasteiger partial charge in [-0.1, -0.05) is 45.4 Å². The number of carbonyl (C=O) groups is 1. The van der Waals surface area contributed by atoms with E-state index in [-0.39, 0.29) is 22.3 Å². The first-order valence-electron chi connectivity index (χ1n) is 11.1. The second kappa shape index (κ2) is 7.95. The number of Topliss-reactive ketones (excluding diaryl/α,β-unsaturated/α-hetero) is 1. The van der Waals surface area contributed by atoms with E-state index in [2.05, 4.69) is 82.5 Å². The number of rotatable bonds is 6. The topological polar surface area (TPSA) is 26.3 Å². The molecular weight excluding hydrogens is 475 g/mol. The molecule has 4 heteroatoms. The Labute approximate surface area is 187 Å². The number of allylic oxidation sites excluding steroid dienone is 4. The summed E-state index contributed by atoms with van der Waals surface area (Å²) in [5.41, 5.74) is 1.86. The number of fused-ring (bicyclic) bond motifs is 1. The quantitative estimate of drug-likeness (QED) is 0.211. The van der Waals surface area contributed by atoms with E-state index in [1.807, 2.05) is 0 Å². The molecule has 0 aromatic carbocycles. The van der Waals surface area contributed by atoms with Crippen molar-refractivity contribution in [2.24, 2.45) is 29.1 Å². The predicted octanol–water partition coefficient (Wildman–Crippen LogP) is 7.30. The molecule has 28 heavy (non-hydrogen) atoms. The molecule has 3 aliphatic carbocycles. The van der Waals surface area contributed by atoms with Crippen molar-refractivity contribution >= 4 is 36.7 Å². The molecule has 0 aromatic heterocycles. The average Bonchev–Trinajstić information content (AvgIpc) is 3.24. The summed E-state index contributed by atoms with van der Waals surface area (Å²) in [4.78, 5) is 13.6. The van der Waals surface area contributed by atoms with Crippen LogP contribution in [0.1, 0.15) is 66.7 Å². The molecular formula is C24H39IO2Si. The van der Waals surface area contributed by atoms with Gasteiger partial charge >= 0.3 is 0 Å². The zero-order chi connectivity index (χ0) is 20.9. The summed E-state index contributed by atoms with van der Waals surface area (Å²) in [6.07, 6.45) is 10.2. The molecule has 0 heterocycles. The highest BCUT2D eigenvalue weighted by molar-refractivity contribution is 14.1. The lowest BCUT2D eigenvalue weighted by Gasteiger charge is -2.38. The van der Waals surface area contributed by atoms with E-state index >= 15 is 0 Å². The van der Waals surface area contributed by atoms with Gasteiger partial charge in [-0.05, 0) is 101 Å². The Morgan fingerprint density at radius 1 is 1.39 bits per heavy atom. The Balaban J connectivity index is 1.80. The van der Waals surface area contributed by atoms with Crippen molar-refractivity contribution < 1.29 is 9.22 Å². The fourth-order valence-corrected chi connectivity index (χ4v) is 6.63. The summed E-state index contributed by atoms with van der Waals surface area (Å²) in [6.45, 7) is 16.8. The highest BCUT2D eigenvalue weighted by Gasteiger charge is 2.67. The fourth-order valence-electron chi connectivity index (χ4n) is 5.31. The van der Waals surface area contributed by atoms with Crippen LogP contribution in [-0.2, 0) is 9.22 Å². The summed E-state index contributed by atoms with van der Waals surface area (Å²) >= 11 is 2.39. The van der Waals surface area contributed by atoms with Crippen LogP contribution in [0.5, 0.6) is 0 Å². The number of hydrogen-bond donors (Lipinski definition) is 0. The Morgan fingerprint density at radius 2 is 2.07 bits per heavy atom. The third-order valence-corrected chi connectivity index (χ3v) is 13.2. The first-order valence-corrected chi connectivity index (χ1v) is 15.1. The van der Waals surface area contributed by atoms with Gasteiger partial charge in [-0.3, -0.25) is 4.79 Å². The van der Waals surface area contributed by atoms with Gasteiger partial charge in [-0.25, -0.2) is 0 Å².